The van der Waals surface area contributed by atoms with Crippen molar-refractivity contribution in [3.05, 3.63) is 71.3 Å². The van der Waals surface area contributed by atoms with Crippen LogP contribution in [0.2, 0.25) is 5.02 Å². The van der Waals surface area contributed by atoms with Gasteiger partial charge in [-0.2, -0.15) is 0 Å². The second kappa shape index (κ2) is 12.4. The highest BCUT2D eigenvalue weighted by Crippen LogP contribution is 2.24. The lowest BCUT2D eigenvalue weighted by Gasteiger charge is -2.32. The van der Waals surface area contributed by atoms with Crippen molar-refractivity contribution in [3.63, 3.8) is 0 Å². The number of benzene rings is 1. The van der Waals surface area contributed by atoms with E-state index >= 15 is 0 Å². The molecule has 1 aliphatic rings. The van der Waals surface area contributed by atoms with Crippen LogP contribution in [0.15, 0.2) is 60.0 Å². The van der Waals surface area contributed by atoms with Gasteiger partial charge in [-0.1, -0.05) is 35.9 Å². The van der Waals surface area contributed by atoms with Gasteiger partial charge in [0.05, 0.1) is 5.02 Å². The van der Waals surface area contributed by atoms with Crippen molar-refractivity contribution in [2.75, 3.05) is 24.1 Å². The van der Waals surface area contributed by atoms with Gasteiger partial charge in [0.1, 0.15) is 4.90 Å². The van der Waals surface area contributed by atoms with E-state index in [1.54, 1.807) is 24.5 Å². The summed E-state index contributed by atoms with van der Waals surface area (Å²) >= 11 is 5.99. The van der Waals surface area contributed by atoms with Crippen molar-refractivity contribution in [2.24, 2.45) is 0 Å². The van der Waals surface area contributed by atoms with Crippen LogP contribution in [0, 0.1) is 0 Å². The van der Waals surface area contributed by atoms with Crippen molar-refractivity contribution in [2.45, 2.75) is 55.5 Å². The highest BCUT2D eigenvalue weighted by atomic mass is 35.5. The van der Waals surface area contributed by atoms with Crippen LogP contribution in [0.1, 0.15) is 43.2 Å². The predicted molar refractivity (Wildman–Crippen MR) is 147 cm³/mol. The third-order valence-electron chi connectivity index (χ3n) is 6.40. The van der Waals surface area contributed by atoms with E-state index in [1.807, 2.05) is 24.5 Å². The molecule has 1 fully saturated rings. The Morgan fingerprint density at radius 3 is 2.27 bits per heavy atom. The SMILES string of the molecule is CN(C)[C@H]1CC[C@H](Nc2ncc(CC/C=C/c3cnc(NS(=O)(=O)c4ccccc4Cl)nc3)cn2)CC1. The molecular weight excluding hydrogens is 510 g/mol. The van der Waals surface area contributed by atoms with Crippen molar-refractivity contribution in [1.29, 1.82) is 0 Å². The highest BCUT2D eigenvalue weighted by Gasteiger charge is 2.22. The lowest BCUT2D eigenvalue weighted by Crippen LogP contribution is -2.36. The molecule has 1 aromatic carbocycles. The molecule has 9 nitrogen and oxygen atoms in total. The summed E-state index contributed by atoms with van der Waals surface area (Å²) in [7, 11) is 0.429. The summed E-state index contributed by atoms with van der Waals surface area (Å²) in [5, 5.41) is 3.60. The van der Waals surface area contributed by atoms with E-state index in [0.29, 0.717) is 18.0 Å². The monoisotopic (exact) mass is 541 g/mol. The average molecular weight is 542 g/mol. The van der Waals surface area contributed by atoms with Crippen LogP contribution < -0.4 is 10.0 Å². The fourth-order valence-electron chi connectivity index (χ4n) is 4.26. The van der Waals surface area contributed by atoms with Gasteiger partial charge in [-0.15, -0.1) is 0 Å². The molecule has 4 rings (SSSR count). The number of hydrogen-bond donors (Lipinski definition) is 2. The van der Waals surface area contributed by atoms with Crippen molar-refractivity contribution >= 4 is 39.6 Å². The third kappa shape index (κ3) is 7.70. The van der Waals surface area contributed by atoms with Crippen molar-refractivity contribution in [3.8, 4) is 0 Å². The van der Waals surface area contributed by atoms with Gasteiger partial charge in [0.2, 0.25) is 11.9 Å². The number of halogens is 1. The van der Waals surface area contributed by atoms with E-state index in [1.165, 1.54) is 25.0 Å². The zero-order valence-corrected chi connectivity index (χ0v) is 22.6. The summed E-state index contributed by atoms with van der Waals surface area (Å²) in [6, 6.07) is 7.31. The number of hydrogen-bond acceptors (Lipinski definition) is 8. The molecule has 2 aromatic heterocycles. The first-order valence-electron chi connectivity index (χ1n) is 12.3. The zero-order chi connectivity index (χ0) is 26.3. The maximum absolute atomic E-state index is 12.5. The molecule has 0 bridgehead atoms. The molecule has 0 spiro atoms. The Balaban J connectivity index is 1.22. The summed E-state index contributed by atoms with van der Waals surface area (Å²) in [6.45, 7) is 0. The lowest BCUT2D eigenvalue weighted by atomic mass is 9.91. The van der Waals surface area contributed by atoms with Gasteiger partial charge in [0.15, 0.2) is 0 Å². The predicted octanol–water partition coefficient (Wildman–Crippen LogP) is 4.65. The first kappa shape index (κ1) is 27.0. The molecular formula is C26H32ClN7O2S. The van der Waals surface area contributed by atoms with Crippen LogP contribution in [0.4, 0.5) is 11.9 Å². The summed E-state index contributed by atoms with van der Waals surface area (Å²) in [4.78, 5) is 19.5. The van der Waals surface area contributed by atoms with Crippen LogP contribution in [0.25, 0.3) is 6.08 Å². The van der Waals surface area contributed by atoms with Crippen LogP contribution >= 0.6 is 11.6 Å². The Labute approximate surface area is 223 Å². The van der Waals surface area contributed by atoms with Crippen LogP contribution in [0.5, 0.6) is 0 Å². The lowest BCUT2D eigenvalue weighted by molar-refractivity contribution is 0.221. The standard InChI is InChI=1S/C26H32ClN7O2S/c1-34(2)22-13-11-21(12-14-22)32-25-28-15-19(16-29-25)7-3-4-8-20-17-30-26(31-18-20)33-37(35,36)24-10-6-5-9-23(24)27/h4-6,8-10,15-18,21-22H,3,7,11-14H2,1-2H3,(H,28,29,32)(H,30,31,33)/b8-4+/t21-,22-. The Morgan fingerprint density at radius 2 is 1.62 bits per heavy atom. The summed E-state index contributed by atoms with van der Waals surface area (Å²) in [5.74, 6) is 0.670. The minimum atomic E-state index is -3.87. The quantitative estimate of drug-likeness (QED) is 0.381. The van der Waals surface area contributed by atoms with Gasteiger partial charge in [-0.05, 0) is 70.3 Å². The molecule has 0 aliphatic heterocycles. The molecule has 11 heteroatoms. The normalized spacial score (nSPS) is 18.3. The molecule has 1 aliphatic carbocycles. The molecule has 2 N–H and O–H groups in total. The van der Waals surface area contributed by atoms with Gasteiger partial charge in [-0.25, -0.2) is 33.1 Å². The Morgan fingerprint density at radius 1 is 0.973 bits per heavy atom. The molecule has 0 unspecified atom stereocenters. The largest absolute Gasteiger partial charge is 0.351 e. The summed E-state index contributed by atoms with van der Waals surface area (Å²) in [5.41, 5.74) is 1.83. The highest BCUT2D eigenvalue weighted by molar-refractivity contribution is 7.92. The van der Waals surface area contributed by atoms with E-state index in [0.717, 1.165) is 36.8 Å². The van der Waals surface area contributed by atoms with E-state index in [-0.39, 0.29) is 15.9 Å². The first-order chi connectivity index (χ1) is 17.8. The topological polar surface area (TPSA) is 113 Å². The molecule has 2 heterocycles. The number of anilines is 2. The maximum atomic E-state index is 12.5. The molecule has 196 valence electrons. The van der Waals surface area contributed by atoms with Crippen molar-refractivity contribution in [1.82, 2.24) is 24.8 Å². The first-order valence-corrected chi connectivity index (χ1v) is 14.2. The van der Waals surface area contributed by atoms with Crippen LogP contribution in [0.3, 0.4) is 0 Å². The smallest absolute Gasteiger partial charge is 0.265 e. The minimum absolute atomic E-state index is 0.0198. The summed E-state index contributed by atoms with van der Waals surface area (Å²) < 4.78 is 27.4. The van der Waals surface area contributed by atoms with Crippen LogP contribution in [-0.2, 0) is 16.4 Å². The van der Waals surface area contributed by atoms with E-state index in [2.05, 4.69) is 49.0 Å². The van der Waals surface area contributed by atoms with Gasteiger partial charge in [0.25, 0.3) is 10.0 Å². The minimum Gasteiger partial charge on any atom is -0.351 e. The van der Waals surface area contributed by atoms with Gasteiger partial charge < -0.3 is 10.2 Å². The summed E-state index contributed by atoms with van der Waals surface area (Å²) in [6.07, 6.45) is 17.0. The third-order valence-corrected chi connectivity index (χ3v) is 8.23. The molecule has 0 amide bonds. The molecule has 37 heavy (non-hydrogen) atoms. The second-order valence-corrected chi connectivity index (χ2v) is 11.4. The molecule has 0 atom stereocenters. The van der Waals surface area contributed by atoms with Gasteiger partial charge in [0, 0.05) is 42.4 Å². The number of rotatable bonds is 10. The maximum Gasteiger partial charge on any atom is 0.265 e. The van der Waals surface area contributed by atoms with Crippen molar-refractivity contribution < 1.29 is 8.42 Å². The molecule has 3 aromatic rings. The number of nitrogens with zero attached hydrogens (tertiary/aromatic N) is 5. The van der Waals surface area contributed by atoms with E-state index in [4.69, 9.17) is 11.6 Å². The van der Waals surface area contributed by atoms with Gasteiger partial charge in [-0.3, -0.25) is 0 Å². The number of allylic oxidation sites excluding steroid dienone is 1. The Kier molecular flexibility index (Phi) is 9.07. The molecule has 0 radical (unpaired) electrons. The second-order valence-electron chi connectivity index (χ2n) is 9.35. The average Bonchev–Trinajstić information content (AvgIpc) is 2.89. The van der Waals surface area contributed by atoms with E-state index in [9.17, 15) is 8.42 Å². The fourth-order valence-corrected chi connectivity index (χ4v) is 5.74. The van der Waals surface area contributed by atoms with E-state index < -0.39 is 10.0 Å². The van der Waals surface area contributed by atoms with Gasteiger partial charge >= 0.3 is 0 Å². The molecule has 0 saturated heterocycles. The fraction of sp³-hybridized carbons (Fsp3) is 0.385. The number of nitrogens with one attached hydrogen (secondary N) is 2. The van der Waals surface area contributed by atoms with Crippen LogP contribution in [-0.4, -0.2) is 59.4 Å². The number of aromatic nitrogens is 4. The number of aryl methyl sites for hydroxylation is 1. The Hall–Kier alpha value is -3.08. The molecule has 1 saturated carbocycles. The zero-order valence-electron chi connectivity index (χ0n) is 21.0. The number of sulfonamides is 1. The Bertz CT molecular complexity index is 1290.